The predicted octanol–water partition coefficient (Wildman–Crippen LogP) is 2.60. The summed E-state index contributed by atoms with van der Waals surface area (Å²) in [6, 6.07) is 1.28. The summed E-state index contributed by atoms with van der Waals surface area (Å²) in [7, 11) is 0. The molecular formula is C12H15N3O2S. The number of carboxylic acids is 1. The molecule has 0 bridgehead atoms. The molecule has 0 unspecified atom stereocenters. The minimum Gasteiger partial charge on any atom is -0.480 e. The lowest BCUT2D eigenvalue weighted by Crippen LogP contribution is -2.31. The average Bonchev–Trinajstić information content (AvgIpc) is 2.76. The van der Waals surface area contributed by atoms with Crippen molar-refractivity contribution >= 4 is 33.3 Å². The lowest BCUT2D eigenvalue weighted by atomic mass is 10.0. The highest BCUT2D eigenvalue weighted by Crippen LogP contribution is 2.24. The molecule has 2 heterocycles. The number of fused-ring (bicyclic) bond motifs is 1. The summed E-state index contributed by atoms with van der Waals surface area (Å²) >= 11 is 1.51. The van der Waals surface area contributed by atoms with E-state index in [1.165, 1.54) is 17.7 Å². The molecule has 18 heavy (non-hydrogen) atoms. The molecule has 0 spiro atoms. The fourth-order valence-electron chi connectivity index (χ4n) is 1.76. The van der Waals surface area contributed by atoms with Gasteiger partial charge in [0.15, 0.2) is 0 Å². The summed E-state index contributed by atoms with van der Waals surface area (Å²) in [6.07, 6.45) is 2.01. The molecule has 0 saturated heterocycles. The molecule has 2 N–H and O–H groups in total. The Hall–Kier alpha value is -1.69. The zero-order valence-corrected chi connectivity index (χ0v) is 11.1. The number of anilines is 1. The Labute approximate surface area is 109 Å². The molecule has 96 valence electrons. The maximum Gasteiger partial charge on any atom is 0.326 e. The van der Waals surface area contributed by atoms with E-state index in [1.807, 2.05) is 25.3 Å². The first-order valence-electron chi connectivity index (χ1n) is 5.75. The second-order valence-electron chi connectivity index (χ2n) is 4.53. The van der Waals surface area contributed by atoms with Crippen LogP contribution in [0, 0.1) is 5.92 Å². The third-order valence-corrected chi connectivity index (χ3v) is 3.40. The highest BCUT2D eigenvalue weighted by atomic mass is 32.1. The van der Waals surface area contributed by atoms with Crippen molar-refractivity contribution < 1.29 is 9.90 Å². The standard InChI is InChI=1S/C12H15N3O2S/c1-7(2)5-9(12(16)17)15-10-8-3-4-18-11(8)14-6-13-10/h3-4,6-7,9H,5H2,1-2H3,(H,16,17)(H,13,14,15)/t9-/m0/s1. The van der Waals surface area contributed by atoms with Crippen molar-refractivity contribution in [3.8, 4) is 0 Å². The van der Waals surface area contributed by atoms with Crippen LogP contribution < -0.4 is 5.32 Å². The number of carboxylic acid groups (broad SMARTS) is 1. The van der Waals surface area contributed by atoms with Crippen molar-refractivity contribution in [3.05, 3.63) is 17.8 Å². The zero-order valence-electron chi connectivity index (χ0n) is 10.3. The third kappa shape index (κ3) is 2.76. The van der Waals surface area contributed by atoms with Gasteiger partial charge in [0.25, 0.3) is 0 Å². The Kier molecular flexibility index (Phi) is 3.76. The first-order valence-corrected chi connectivity index (χ1v) is 6.63. The van der Waals surface area contributed by atoms with E-state index in [1.54, 1.807) is 0 Å². The monoisotopic (exact) mass is 265 g/mol. The van der Waals surface area contributed by atoms with Gasteiger partial charge < -0.3 is 10.4 Å². The topological polar surface area (TPSA) is 75.1 Å². The summed E-state index contributed by atoms with van der Waals surface area (Å²) in [5.74, 6) is 0.0402. The SMILES string of the molecule is CC(C)C[C@H](Nc1ncnc2sccc12)C(=O)O. The van der Waals surface area contributed by atoms with E-state index in [-0.39, 0.29) is 0 Å². The van der Waals surface area contributed by atoms with Gasteiger partial charge in [0.05, 0.1) is 5.39 Å². The minimum atomic E-state index is -0.856. The number of aromatic nitrogens is 2. The van der Waals surface area contributed by atoms with Crippen molar-refractivity contribution in [2.45, 2.75) is 26.3 Å². The van der Waals surface area contributed by atoms with Crippen molar-refractivity contribution in [3.63, 3.8) is 0 Å². The lowest BCUT2D eigenvalue weighted by molar-refractivity contribution is -0.138. The number of hydrogen-bond acceptors (Lipinski definition) is 5. The van der Waals surface area contributed by atoms with E-state index in [4.69, 9.17) is 0 Å². The van der Waals surface area contributed by atoms with Gasteiger partial charge in [-0.15, -0.1) is 11.3 Å². The third-order valence-electron chi connectivity index (χ3n) is 2.58. The number of hydrogen-bond donors (Lipinski definition) is 2. The van der Waals surface area contributed by atoms with Crippen molar-refractivity contribution in [1.29, 1.82) is 0 Å². The molecule has 2 aromatic rings. The molecule has 0 radical (unpaired) electrons. The van der Waals surface area contributed by atoms with Crippen LogP contribution >= 0.6 is 11.3 Å². The Balaban J connectivity index is 2.25. The normalized spacial score (nSPS) is 12.8. The van der Waals surface area contributed by atoms with Crippen LogP contribution in [0.3, 0.4) is 0 Å². The number of thiophene rings is 1. The molecular weight excluding hydrogens is 250 g/mol. The quantitative estimate of drug-likeness (QED) is 0.869. The van der Waals surface area contributed by atoms with Crippen LogP contribution in [0.4, 0.5) is 5.82 Å². The molecule has 2 rings (SSSR count). The Bertz CT molecular complexity index is 553. The van der Waals surface area contributed by atoms with E-state index in [2.05, 4.69) is 15.3 Å². The summed E-state index contributed by atoms with van der Waals surface area (Å²) in [4.78, 5) is 20.3. The first-order chi connectivity index (χ1) is 8.58. The summed E-state index contributed by atoms with van der Waals surface area (Å²) in [6.45, 7) is 4.00. The second-order valence-corrected chi connectivity index (χ2v) is 5.42. The predicted molar refractivity (Wildman–Crippen MR) is 71.9 cm³/mol. The van der Waals surface area contributed by atoms with Crippen LogP contribution in [0.5, 0.6) is 0 Å². The minimum absolute atomic E-state index is 0.304. The molecule has 6 heteroatoms. The molecule has 2 aromatic heterocycles. The number of rotatable bonds is 5. The lowest BCUT2D eigenvalue weighted by Gasteiger charge is -2.17. The average molecular weight is 265 g/mol. The maximum atomic E-state index is 11.2. The van der Waals surface area contributed by atoms with Gasteiger partial charge in [-0.3, -0.25) is 0 Å². The number of nitrogens with zero attached hydrogens (tertiary/aromatic N) is 2. The molecule has 0 amide bonds. The van der Waals surface area contributed by atoms with Gasteiger partial charge in [-0.05, 0) is 23.8 Å². The molecule has 0 aliphatic carbocycles. The van der Waals surface area contributed by atoms with Gasteiger partial charge >= 0.3 is 5.97 Å². The molecule has 0 saturated carbocycles. The smallest absolute Gasteiger partial charge is 0.326 e. The Morgan fingerprint density at radius 3 is 2.94 bits per heavy atom. The van der Waals surface area contributed by atoms with Crippen molar-refractivity contribution in [1.82, 2.24) is 9.97 Å². The van der Waals surface area contributed by atoms with Gasteiger partial charge in [0, 0.05) is 0 Å². The molecule has 0 aromatic carbocycles. The van der Waals surface area contributed by atoms with Gasteiger partial charge in [-0.25, -0.2) is 14.8 Å². The summed E-state index contributed by atoms with van der Waals surface area (Å²) < 4.78 is 0. The van der Waals surface area contributed by atoms with Crippen molar-refractivity contribution in [2.75, 3.05) is 5.32 Å². The fraction of sp³-hybridized carbons (Fsp3) is 0.417. The Morgan fingerprint density at radius 2 is 2.28 bits per heavy atom. The van der Waals surface area contributed by atoms with E-state index < -0.39 is 12.0 Å². The van der Waals surface area contributed by atoms with E-state index in [0.29, 0.717) is 18.2 Å². The molecule has 0 fully saturated rings. The molecule has 5 nitrogen and oxygen atoms in total. The second kappa shape index (κ2) is 5.30. The highest BCUT2D eigenvalue weighted by molar-refractivity contribution is 7.16. The molecule has 0 aliphatic rings. The zero-order chi connectivity index (χ0) is 13.1. The fourth-order valence-corrected chi connectivity index (χ4v) is 2.50. The van der Waals surface area contributed by atoms with Crippen LogP contribution in [-0.2, 0) is 4.79 Å². The number of nitrogens with one attached hydrogen (secondary N) is 1. The van der Waals surface area contributed by atoms with Gasteiger partial charge in [0.2, 0.25) is 0 Å². The van der Waals surface area contributed by atoms with Crippen LogP contribution in [0.1, 0.15) is 20.3 Å². The summed E-state index contributed by atoms with van der Waals surface area (Å²) in [5, 5.41) is 15.0. The largest absolute Gasteiger partial charge is 0.480 e. The molecule has 0 aliphatic heterocycles. The highest BCUT2D eigenvalue weighted by Gasteiger charge is 2.20. The van der Waals surface area contributed by atoms with Crippen molar-refractivity contribution in [2.24, 2.45) is 5.92 Å². The van der Waals surface area contributed by atoms with Crippen LogP contribution in [0.2, 0.25) is 0 Å². The van der Waals surface area contributed by atoms with E-state index in [0.717, 1.165) is 10.2 Å². The first kappa shape index (κ1) is 12.8. The van der Waals surface area contributed by atoms with Gasteiger partial charge in [-0.1, -0.05) is 13.8 Å². The number of aliphatic carboxylic acids is 1. The maximum absolute atomic E-state index is 11.2. The van der Waals surface area contributed by atoms with E-state index >= 15 is 0 Å². The van der Waals surface area contributed by atoms with Crippen LogP contribution in [0.15, 0.2) is 17.8 Å². The molecule has 1 atom stereocenters. The van der Waals surface area contributed by atoms with E-state index in [9.17, 15) is 9.90 Å². The van der Waals surface area contributed by atoms with Crippen LogP contribution in [-0.4, -0.2) is 27.1 Å². The van der Waals surface area contributed by atoms with Gasteiger partial charge in [-0.2, -0.15) is 0 Å². The van der Waals surface area contributed by atoms with Gasteiger partial charge in [0.1, 0.15) is 23.0 Å². The number of carbonyl (C=O) groups is 1. The Morgan fingerprint density at radius 1 is 1.50 bits per heavy atom. The summed E-state index contributed by atoms with van der Waals surface area (Å²) in [5.41, 5.74) is 0. The van der Waals surface area contributed by atoms with Crippen LogP contribution in [0.25, 0.3) is 10.2 Å².